The lowest BCUT2D eigenvalue weighted by molar-refractivity contribution is 0.0936. The number of benzene rings is 1. The first kappa shape index (κ1) is 13.0. The first-order chi connectivity index (χ1) is 8.20. The van der Waals surface area contributed by atoms with Crippen molar-refractivity contribution < 1.29 is 9.53 Å². The highest BCUT2D eigenvalue weighted by Crippen LogP contribution is 2.21. The van der Waals surface area contributed by atoms with Gasteiger partial charge in [0.1, 0.15) is 0 Å². The molecule has 1 amide bonds. The van der Waals surface area contributed by atoms with E-state index in [4.69, 9.17) is 10.3 Å². The van der Waals surface area contributed by atoms with Crippen LogP contribution in [0.5, 0.6) is 0 Å². The van der Waals surface area contributed by atoms with Crippen molar-refractivity contribution in [2.45, 2.75) is 6.92 Å². The number of rotatable bonds is 5. The Morgan fingerprint density at radius 1 is 1.59 bits per heavy atom. The van der Waals surface area contributed by atoms with Crippen LogP contribution < -0.4 is 5.32 Å². The zero-order chi connectivity index (χ0) is 12.7. The molecular weight excluding hydrogens is 220 g/mol. The van der Waals surface area contributed by atoms with E-state index < -0.39 is 0 Å². The average molecular weight is 234 g/mol. The first-order valence-corrected chi connectivity index (χ1v) is 5.12. The molecule has 0 radical (unpaired) electrons. The Morgan fingerprint density at radius 3 is 3.00 bits per heavy atom. The molecule has 0 aliphatic carbocycles. The van der Waals surface area contributed by atoms with Crippen LogP contribution in [-0.2, 0) is 4.74 Å². The predicted octanol–water partition coefficient (Wildman–Crippen LogP) is 2.31. The SMILES string of the molecule is COCCNC(=O)c1cccc(N=[N+]=[N-])c1C. The fourth-order valence-corrected chi connectivity index (χ4v) is 1.39. The average Bonchev–Trinajstić information content (AvgIpc) is 2.32. The van der Waals surface area contributed by atoms with Crippen LogP contribution in [0.2, 0.25) is 0 Å². The Hall–Kier alpha value is -2.04. The molecule has 0 atom stereocenters. The van der Waals surface area contributed by atoms with Crippen LogP contribution in [0.15, 0.2) is 23.3 Å². The maximum atomic E-state index is 11.8. The van der Waals surface area contributed by atoms with Crippen LogP contribution in [0, 0.1) is 6.92 Å². The third-order valence-electron chi connectivity index (χ3n) is 2.29. The molecule has 90 valence electrons. The van der Waals surface area contributed by atoms with E-state index in [-0.39, 0.29) is 5.91 Å². The maximum absolute atomic E-state index is 11.8. The van der Waals surface area contributed by atoms with Gasteiger partial charge >= 0.3 is 0 Å². The molecule has 0 spiro atoms. The van der Waals surface area contributed by atoms with Gasteiger partial charge < -0.3 is 10.1 Å². The second kappa shape index (κ2) is 6.52. The van der Waals surface area contributed by atoms with Crippen LogP contribution >= 0.6 is 0 Å². The number of amides is 1. The third-order valence-corrected chi connectivity index (χ3v) is 2.29. The van der Waals surface area contributed by atoms with Gasteiger partial charge in [-0.15, -0.1) is 0 Å². The lowest BCUT2D eigenvalue weighted by atomic mass is 10.1. The van der Waals surface area contributed by atoms with E-state index in [1.807, 2.05) is 0 Å². The molecule has 1 aromatic rings. The van der Waals surface area contributed by atoms with Crippen molar-refractivity contribution in [2.24, 2.45) is 5.11 Å². The molecule has 0 unspecified atom stereocenters. The number of carbonyl (C=O) groups excluding carboxylic acids is 1. The summed E-state index contributed by atoms with van der Waals surface area (Å²) in [5, 5.41) is 6.23. The van der Waals surface area contributed by atoms with Crippen molar-refractivity contribution in [2.75, 3.05) is 20.3 Å². The summed E-state index contributed by atoms with van der Waals surface area (Å²) < 4.78 is 4.84. The number of ether oxygens (including phenoxy) is 1. The summed E-state index contributed by atoms with van der Waals surface area (Å²) in [5.41, 5.74) is 10.0. The van der Waals surface area contributed by atoms with Crippen LogP contribution in [-0.4, -0.2) is 26.2 Å². The lowest BCUT2D eigenvalue weighted by Crippen LogP contribution is -2.27. The minimum atomic E-state index is -0.200. The molecule has 6 nitrogen and oxygen atoms in total. The first-order valence-electron chi connectivity index (χ1n) is 5.12. The highest BCUT2D eigenvalue weighted by Gasteiger charge is 2.10. The Morgan fingerprint density at radius 2 is 2.35 bits per heavy atom. The van der Waals surface area contributed by atoms with E-state index in [9.17, 15) is 4.79 Å². The van der Waals surface area contributed by atoms with Crippen molar-refractivity contribution in [3.05, 3.63) is 39.8 Å². The number of hydrogen-bond acceptors (Lipinski definition) is 3. The highest BCUT2D eigenvalue weighted by molar-refractivity contribution is 5.96. The van der Waals surface area contributed by atoms with Crippen molar-refractivity contribution in [3.8, 4) is 0 Å². The molecule has 0 aliphatic heterocycles. The molecule has 0 aromatic heterocycles. The fourth-order valence-electron chi connectivity index (χ4n) is 1.39. The van der Waals surface area contributed by atoms with Gasteiger partial charge in [-0.3, -0.25) is 4.79 Å². The maximum Gasteiger partial charge on any atom is 0.251 e. The van der Waals surface area contributed by atoms with Gasteiger partial charge in [0, 0.05) is 29.8 Å². The van der Waals surface area contributed by atoms with Crippen molar-refractivity contribution >= 4 is 11.6 Å². The summed E-state index contributed by atoms with van der Waals surface area (Å²) >= 11 is 0. The Labute approximate surface area is 99.2 Å². The van der Waals surface area contributed by atoms with E-state index in [1.54, 1.807) is 32.2 Å². The molecule has 0 saturated carbocycles. The number of nitrogens with zero attached hydrogens (tertiary/aromatic N) is 3. The van der Waals surface area contributed by atoms with Crippen molar-refractivity contribution in [1.29, 1.82) is 0 Å². The highest BCUT2D eigenvalue weighted by atomic mass is 16.5. The van der Waals surface area contributed by atoms with Gasteiger partial charge in [-0.1, -0.05) is 17.2 Å². The molecular formula is C11H14N4O2. The van der Waals surface area contributed by atoms with E-state index in [2.05, 4.69) is 15.3 Å². The van der Waals surface area contributed by atoms with Gasteiger partial charge in [-0.25, -0.2) is 0 Å². The second-order valence-electron chi connectivity index (χ2n) is 3.39. The number of carbonyl (C=O) groups is 1. The molecule has 1 rings (SSSR count). The predicted molar refractivity (Wildman–Crippen MR) is 64.2 cm³/mol. The summed E-state index contributed by atoms with van der Waals surface area (Å²) in [6.07, 6.45) is 0. The fraction of sp³-hybridized carbons (Fsp3) is 0.364. The Balaban J connectivity index is 2.86. The quantitative estimate of drug-likeness (QED) is 0.367. The number of nitrogens with one attached hydrogen (secondary N) is 1. The largest absolute Gasteiger partial charge is 0.383 e. The van der Waals surface area contributed by atoms with E-state index >= 15 is 0 Å². The molecule has 1 aromatic carbocycles. The van der Waals surface area contributed by atoms with Gasteiger partial charge in [0.25, 0.3) is 5.91 Å². The van der Waals surface area contributed by atoms with Gasteiger partial charge in [0.15, 0.2) is 0 Å². The molecule has 0 bridgehead atoms. The van der Waals surface area contributed by atoms with Crippen LogP contribution in [0.25, 0.3) is 10.4 Å². The molecule has 0 fully saturated rings. The molecule has 0 saturated heterocycles. The van der Waals surface area contributed by atoms with Crippen LogP contribution in [0.1, 0.15) is 15.9 Å². The standard InChI is InChI=1S/C11H14N4O2/c1-8-9(11(16)13-6-7-17-2)4-3-5-10(8)14-15-12/h3-5H,6-7H2,1-2H3,(H,13,16). The summed E-state index contributed by atoms with van der Waals surface area (Å²) in [5.74, 6) is -0.200. The van der Waals surface area contributed by atoms with Crippen LogP contribution in [0.3, 0.4) is 0 Å². The van der Waals surface area contributed by atoms with E-state index in [0.29, 0.717) is 30.0 Å². The van der Waals surface area contributed by atoms with E-state index in [1.165, 1.54) is 0 Å². The minimum Gasteiger partial charge on any atom is -0.383 e. The monoisotopic (exact) mass is 234 g/mol. The summed E-state index contributed by atoms with van der Waals surface area (Å²) in [4.78, 5) is 14.5. The Kier molecular flexibility index (Phi) is 5.00. The summed E-state index contributed by atoms with van der Waals surface area (Å²) in [6.45, 7) is 2.65. The number of azide groups is 1. The zero-order valence-corrected chi connectivity index (χ0v) is 9.80. The number of hydrogen-bond donors (Lipinski definition) is 1. The third kappa shape index (κ3) is 3.48. The topological polar surface area (TPSA) is 87.1 Å². The summed E-state index contributed by atoms with van der Waals surface area (Å²) in [6, 6.07) is 5.04. The minimum absolute atomic E-state index is 0.200. The van der Waals surface area contributed by atoms with Gasteiger partial charge in [-0.05, 0) is 24.1 Å². The van der Waals surface area contributed by atoms with Crippen molar-refractivity contribution in [3.63, 3.8) is 0 Å². The van der Waals surface area contributed by atoms with Gasteiger partial charge in [-0.2, -0.15) is 0 Å². The van der Waals surface area contributed by atoms with Gasteiger partial charge in [0.2, 0.25) is 0 Å². The molecule has 6 heteroatoms. The molecule has 17 heavy (non-hydrogen) atoms. The normalized spacial score (nSPS) is 9.53. The smallest absolute Gasteiger partial charge is 0.251 e. The van der Waals surface area contributed by atoms with Crippen molar-refractivity contribution in [1.82, 2.24) is 5.32 Å². The molecule has 0 aliphatic rings. The summed E-state index contributed by atoms with van der Waals surface area (Å²) in [7, 11) is 1.57. The van der Waals surface area contributed by atoms with E-state index in [0.717, 1.165) is 0 Å². The number of methoxy groups -OCH3 is 1. The molecule has 1 N–H and O–H groups in total. The lowest BCUT2D eigenvalue weighted by Gasteiger charge is -2.08. The van der Waals surface area contributed by atoms with Gasteiger partial charge in [0.05, 0.1) is 6.61 Å². The second-order valence-corrected chi connectivity index (χ2v) is 3.39. The molecule has 0 heterocycles. The Bertz CT molecular complexity index is 453. The zero-order valence-electron chi connectivity index (χ0n) is 9.80. The van der Waals surface area contributed by atoms with Crippen LogP contribution in [0.4, 0.5) is 5.69 Å².